The van der Waals surface area contributed by atoms with Gasteiger partial charge in [0.05, 0.1) is 13.1 Å². The molecular weight excluding hydrogens is 492 g/mol. The van der Waals surface area contributed by atoms with E-state index in [4.69, 9.17) is 11.5 Å². The number of aliphatic hydroxyl groups is 2. The monoisotopic (exact) mass is 527 g/mol. The maximum Gasteiger partial charge on any atom is 0.343 e. The molecule has 4 heterocycles. The van der Waals surface area contributed by atoms with Gasteiger partial charge in [-0.3, -0.25) is 34.9 Å². The summed E-state index contributed by atoms with van der Waals surface area (Å²) in [5, 5.41) is 29.0. The Kier molecular flexibility index (Phi) is 5.73. The van der Waals surface area contributed by atoms with Gasteiger partial charge in [0.2, 0.25) is 17.6 Å². The molecule has 1 aromatic carbocycles. The average molecular weight is 528 g/mol. The lowest BCUT2D eigenvalue weighted by atomic mass is 9.82. The summed E-state index contributed by atoms with van der Waals surface area (Å²) in [7, 11) is 0. The van der Waals surface area contributed by atoms with Crippen LogP contribution >= 0.6 is 0 Å². The highest BCUT2D eigenvalue weighted by Crippen LogP contribution is 2.41. The molecule has 4 aliphatic rings. The van der Waals surface area contributed by atoms with Crippen LogP contribution in [0.1, 0.15) is 55.1 Å². The maximum atomic E-state index is 13.4. The molecule has 2 unspecified atom stereocenters. The van der Waals surface area contributed by atoms with Crippen LogP contribution < -0.4 is 27.1 Å². The highest BCUT2D eigenvalue weighted by molar-refractivity contribution is 6.02. The van der Waals surface area contributed by atoms with Crippen LogP contribution in [-0.2, 0) is 15.0 Å². The van der Waals surface area contributed by atoms with Gasteiger partial charge in [0.1, 0.15) is 12.1 Å². The van der Waals surface area contributed by atoms with Gasteiger partial charge in [-0.25, -0.2) is 10.3 Å². The lowest BCUT2D eigenvalue weighted by Crippen LogP contribution is -2.90. The molecular formula is C25H35N8O5+. The Morgan fingerprint density at radius 3 is 2.53 bits per heavy atom. The Balaban J connectivity index is 1.46. The number of nitrogens with zero attached hydrogens (tertiary/aromatic N) is 3. The molecule has 4 atom stereocenters. The molecule has 3 amide bonds. The molecule has 5 rings (SSSR count). The lowest BCUT2D eigenvalue weighted by molar-refractivity contribution is -0.521. The van der Waals surface area contributed by atoms with E-state index >= 15 is 0 Å². The highest BCUT2D eigenvalue weighted by Gasteiger charge is 2.76. The Hall–Kier alpha value is -3.71. The highest BCUT2D eigenvalue weighted by atomic mass is 16.5. The fourth-order valence-corrected chi connectivity index (χ4v) is 6.26. The number of hydrogen-bond donors (Lipinski definition) is 7. The molecule has 9 N–H and O–H groups in total. The van der Waals surface area contributed by atoms with Gasteiger partial charge in [0.25, 0.3) is 11.6 Å². The van der Waals surface area contributed by atoms with E-state index in [-0.39, 0.29) is 55.1 Å². The van der Waals surface area contributed by atoms with Crippen LogP contribution in [0.15, 0.2) is 23.2 Å². The van der Waals surface area contributed by atoms with Crippen LogP contribution in [0.5, 0.6) is 0 Å². The fraction of sp³-hybridized carbons (Fsp3) is 0.560. The first kappa shape index (κ1) is 25.9. The Morgan fingerprint density at radius 2 is 1.89 bits per heavy atom. The maximum absolute atomic E-state index is 13.4. The second-order valence-electron chi connectivity index (χ2n) is 11.5. The SMILES string of the molecule is Cc1c(C(=O)NC2CN3C(N)=N[C@@H](CN4C(=O)CCC4=O)[C@@H]4[NH+]=C(N)NC43C2(O)O)cccc1C(C)(C)C. The summed E-state index contributed by atoms with van der Waals surface area (Å²) in [4.78, 5) is 48.0. The van der Waals surface area contributed by atoms with E-state index in [0.29, 0.717) is 5.56 Å². The van der Waals surface area contributed by atoms with Gasteiger partial charge < -0.3 is 21.3 Å². The van der Waals surface area contributed by atoms with Crippen molar-refractivity contribution in [3.05, 3.63) is 34.9 Å². The first-order valence-electron chi connectivity index (χ1n) is 12.7. The number of hydrogen-bond acceptors (Lipinski definition) is 10. The number of nitrogens with one attached hydrogen (secondary N) is 3. The van der Waals surface area contributed by atoms with Crippen molar-refractivity contribution >= 4 is 29.6 Å². The molecule has 13 nitrogen and oxygen atoms in total. The predicted octanol–water partition coefficient (Wildman–Crippen LogP) is -3.70. The van der Waals surface area contributed by atoms with Gasteiger partial charge in [-0.1, -0.05) is 32.9 Å². The van der Waals surface area contributed by atoms with Crippen LogP contribution in [-0.4, -0.2) is 92.3 Å². The van der Waals surface area contributed by atoms with Crippen LogP contribution in [0.25, 0.3) is 0 Å². The topological polar surface area (TPSA) is 201 Å². The molecule has 4 aliphatic heterocycles. The zero-order valence-corrected chi connectivity index (χ0v) is 21.9. The second-order valence-corrected chi connectivity index (χ2v) is 11.5. The minimum Gasteiger partial charge on any atom is -0.370 e. The Labute approximate surface area is 220 Å². The number of nitrogens with two attached hydrogens (primary N) is 2. The molecule has 0 saturated carbocycles. The van der Waals surface area contributed by atoms with Crippen molar-refractivity contribution in [1.29, 1.82) is 0 Å². The molecule has 1 spiro atoms. The molecule has 13 heteroatoms. The predicted molar refractivity (Wildman–Crippen MR) is 136 cm³/mol. The van der Waals surface area contributed by atoms with Gasteiger partial charge in [-0.15, -0.1) is 0 Å². The van der Waals surface area contributed by atoms with Crippen LogP contribution in [0.3, 0.4) is 0 Å². The van der Waals surface area contributed by atoms with Crippen molar-refractivity contribution in [3.8, 4) is 0 Å². The van der Waals surface area contributed by atoms with Crippen LogP contribution in [0, 0.1) is 6.92 Å². The van der Waals surface area contributed by atoms with E-state index in [1.165, 1.54) is 4.90 Å². The van der Waals surface area contributed by atoms with Crippen molar-refractivity contribution < 1.29 is 29.6 Å². The van der Waals surface area contributed by atoms with Crippen LogP contribution in [0.4, 0.5) is 0 Å². The fourth-order valence-electron chi connectivity index (χ4n) is 6.26. The summed E-state index contributed by atoms with van der Waals surface area (Å²) in [6, 6.07) is 2.54. The van der Waals surface area contributed by atoms with E-state index < -0.39 is 35.5 Å². The standard InChI is InChI=1S/C25H34N8O5/c1-12-13(6-5-7-14(12)23(2,3)4)20(36)29-16-11-33-22(27)28-15(10-32-17(34)8-9-18(32)35)19-24(33,25(16,37)38)31-21(26)30-19/h5-7,15-16,19,37-38H,8-11H2,1-4H3,(H2,27,28)(H,29,36)(H3,26,30,31)/p+1/t15-,16?,19-,24?/m0/s1. The first-order chi connectivity index (χ1) is 17.7. The van der Waals surface area contributed by atoms with E-state index in [1.807, 2.05) is 13.0 Å². The third-order valence-corrected chi connectivity index (χ3v) is 8.10. The van der Waals surface area contributed by atoms with Crippen molar-refractivity contribution in [2.45, 2.75) is 75.5 Å². The molecule has 38 heavy (non-hydrogen) atoms. The minimum atomic E-state index is -2.59. The summed E-state index contributed by atoms with van der Waals surface area (Å²) in [5.41, 5.74) is 12.7. The molecule has 0 aromatic heterocycles. The number of rotatable bonds is 4. The van der Waals surface area contributed by atoms with E-state index in [2.05, 4.69) is 41.4 Å². The lowest BCUT2D eigenvalue weighted by Gasteiger charge is -2.46. The smallest absolute Gasteiger partial charge is 0.343 e. The summed E-state index contributed by atoms with van der Waals surface area (Å²) < 4.78 is 0. The number of imide groups is 1. The number of carbonyl (C=O) groups is 3. The van der Waals surface area contributed by atoms with Crippen LogP contribution in [0.2, 0.25) is 0 Å². The van der Waals surface area contributed by atoms with Gasteiger partial charge in [0, 0.05) is 18.4 Å². The molecule has 204 valence electrons. The molecule has 0 radical (unpaired) electrons. The largest absolute Gasteiger partial charge is 0.370 e. The molecule has 0 aliphatic carbocycles. The van der Waals surface area contributed by atoms with Gasteiger partial charge in [-0.2, -0.15) is 0 Å². The zero-order chi connectivity index (χ0) is 27.8. The summed E-state index contributed by atoms with van der Waals surface area (Å²) in [6.45, 7) is 7.84. The van der Waals surface area contributed by atoms with E-state index in [1.54, 1.807) is 12.1 Å². The van der Waals surface area contributed by atoms with Crippen molar-refractivity contribution in [3.63, 3.8) is 0 Å². The third kappa shape index (κ3) is 3.63. The summed E-state index contributed by atoms with van der Waals surface area (Å²) >= 11 is 0. The van der Waals surface area contributed by atoms with Gasteiger partial charge in [0.15, 0.2) is 12.0 Å². The molecule has 0 bridgehead atoms. The average Bonchev–Trinajstić information content (AvgIpc) is 3.41. The quantitative estimate of drug-likeness (QED) is 0.152. The third-order valence-electron chi connectivity index (χ3n) is 8.10. The van der Waals surface area contributed by atoms with Gasteiger partial charge in [-0.05, 0) is 29.5 Å². The molecule has 1 aromatic rings. The molecule has 2 saturated heterocycles. The van der Waals surface area contributed by atoms with Crippen molar-refractivity contribution in [1.82, 2.24) is 20.4 Å². The number of carbonyl (C=O) groups excluding carboxylic acids is 3. The number of likely N-dealkylation sites (tertiary alicyclic amines) is 1. The van der Waals surface area contributed by atoms with Crippen molar-refractivity contribution in [2.24, 2.45) is 16.5 Å². The number of guanidine groups is 2. The van der Waals surface area contributed by atoms with E-state index in [9.17, 15) is 24.6 Å². The summed E-state index contributed by atoms with van der Waals surface area (Å²) in [5.74, 6) is -3.71. The summed E-state index contributed by atoms with van der Waals surface area (Å²) in [6.07, 6.45) is 0.223. The minimum absolute atomic E-state index is 0.0375. The number of aliphatic imine (C=N–C) groups is 1. The first-order valence-corrected chi connectivity index (χ1v) is 12.7. The zero-order valence-electron chi connectivity index (χ0n) is 21.9. The number of benzene rings is 1. The van der Waals surface area contributed by atoms with E-state index in [0.717, 1.165) is 16.0 Å². The number of amides is 3. The van der Waals surface area contributed by atoms with Gasteiger partial charge >= 0.3 is 5.96 Å². The Morgan fingerprint density at radius 1 is 1.24 bits per heavy atom. The normalized spacial score (nSPS) is 30.0. The molecule has 2 fully saturated rings. The second kappa shape index (κ2) is 8.40. The Bertz CT molecular complexity index is 1270. The van der Waals surface area contributed by atoms with Crippen molar-refractivity contribution in [2.75, 3.05) is 13.1 Å².